The lowest BCUT2D eigenvalue weighted by Crippen LogP contribution is -2.05. The molecule has 0 amide bonds. The van der Waals surface area contributed by atoms with E-state index in [1.54, 1.807) is 7.11 Å². The Labute approximate surface area is 138 Å². The summed E-state index contributed by atoms with van der Waals surface area (Å²) >= 11 is 0. The van der Waals surface area contributed by atoms with Gasteiger partial charge in [-0.15, -0.1) is 0 Å². The molecule has 0 spiro atoms. The number of hydrogen-bond donors (Lipinski definition) is 1. The molecule has 0 atom stereocenters. The molecule has 2 aromatic heterocycles. The molecule has 1 N–H and O–H groups in total. The summed E-state index contributed by atoms with van der Waals surface area (Å²) in [6.45, 7) is 0.591. The summed E-state index contributed by atoms with van der Waals surface area (Å²) in [5.74, 6) is 0.00498. The molecular formula is C16H18N4O4. The molecule has 0 unspecified atom stereocenters. The van der Waals surface area contributed by atoms with Crippen LogP contribution in [0.5, 0.6) is 5.75 Å². The van der Waals surface area contributed by atoms with Gasteiger partial charge in [-0.05, 0) is 24.1 Å². The Kier molecular flexibility index (Phi) is 4.37. The summed E-state index contributed by atoms with van der Waals surface area (Å²) in [6.07, 6.45) is 2.85. The Morgan fingerprint density at radius 1 is 1.33 bits per heavy atom. The van der Waals surface area contributed by atoms with Gasteiger partial charge in [-0.25, -0.2) is 4.79 Å². The van der Waals surface area contributed by atoms with Crippen LogP contribution in [0.1, 0.15) is 16.2 Å². The molecule has 0 fully saturated rings. The second-order valence-corrected chi connectivity index (χ2v) is 5.23. The number of carbonyl (C=O) groups excluding carboxylic acids is 1. The van der Waals surface area contributed by atoms with Crippen LogP contribution in [-0.4, -0.2) is 41.5 Å². The lowest BCUT2D eigenvalue weighted by molar-refractivity contribution is 0.0557. The van der Waals surface area contributed by atoms with E-state index in [1.165, 1.54) is 18.1 Å². The number of nitrogens with zero attached hydrogens (tertiary/aromatic N) is 3. The zero-order valence-electron chi connectivity index (χ0n) is 13.7. The molecule has 1 aromatic carbocycles. The summed E-state index contributed by atoms with van der Waals surface area (Å²) in [4.78, 5) is 11.3. The summed E-state index contributed by atoms with van der Waals surface area (Å²) in [5.41, 5.74) is 2.30. The number of methoxy groups -OCH3 is 2. The number of hydrogen-bond acceptors (Lipinski definition) is 7. The second-order valence-electron chi connectivity index (χ2n) is 5.23. The van der Waals surface area contributed by atoms with E-state index in [4.69, 9.17) is 9.15 Å². The largest absolute Gasteiger partial charge is 0.497 e. The molecule has 24 heavy (non-hydrogen) atoms. The maximum Gasteiger partial charge on any atom is 0.396 e. The Balaban J connectivity index is 1.68. The van der Waals surface area contributed by atoms with E-state index < -0.39 is 5.97 Å². The third-order valence-corrected chi connectivity index (χ3v) is 3.74. The van der Waals surface area contributed by atoms with Gasteiger partial charge >= 0.3 is 17.9 Å². The van der Waals surface area contributed by atoms with E-state index in [1.807, 2.05) is 25.2 Å². The summed E-state index contributed by atoms with van der Waals surface area (Å²) in [5, 5.41) is 11.5. The number of anilines is 1. The second kappa shape index (κ2) is 6.61. The number of ether oxygens (including phenoxy) is 2. The van der Waals surface area contributed by atoms with Crippen molar-refractivity contribution < 1.29 is 18.7 Å². The number of nitrogens with one attached hydrogen (secondary N) is 1. The number of rotatable bonds is 6. The topological polar surface area (TPSA) is 91.4 Å². The molecule has 0 bridgehead atoms. The fraction of sp³-hybridized carbons (Fsp3) is 0.312. The van der Waals surface area contributed by atoms with Crippen molar-refractivity contribution in [1.29, 1.82) is 0 Å². The maximum absolute atomic E-state index is 11.3. The number of carbonyl (C=O) groups is 1. The smallest absolute Gasteiger partial charge is 0.396 e. The van der Waals surface area contributed by atoms with E-state index in [-0.39, 0.29) is 11.9 Å². The Hall–Kier alpha value is -3.03. The number of fused-ring (bicyclic) bond motifs is 1. The molecule has 0 radical (unpaired) electrons. The average Bonchev–Trinajstić information content (AvgIpc) is 3.19. The predicted octanol–water partition coefficient (Wildman–Crippen LogP) is 2.01. The van der Waals surface area contributed by atoms with Crippen LogP contribution in [-0.2, 0) is 18.2 Å². The van der Waals surface area contributed by atoms with Crippen molar-refractivity contribution in [1.82, 2.24) is 14.8 Å². The van der Waals surface area contributed by atoms with Crippen LogP contribution < -0.4 is 10.1 Å². The maximum atomic E-state index is 11.3. The zero-order chi connectivity index (χ0) is 17.1. The van der Waals surface area contributed by atoms with Crippen LogP contribution in [0.2, 0.25) is 0 Å². The lowest BCUT2D eigenvalue weighted by Gasteiger charge is -2.02. The molecule has 0 aliphatic rings. The van der Waals surface area contributed by atoms with E-state index in [0.717, 1.165) is 17.7 Å². The van der Waals surface area contributed by atoms with Gasteiger partial charge in [0.25, 0.3) is 0 Å². The minimum absolute atomic E-state index is 0.169. The van der Waals surface area contributed by atoms with Gasteiger partial charge in [0, 0.05) is 31.2 Å². The van der Waals surface area contributed by atoms with Crippen molar-refractivity contribution in [3.8, 4) is 5.75 Å². The summed E-state index contributed by atoms with van der Waals surface area (Å²) in [7, 11) is 4.91. The van der Waals surface area contributed by atoms with Crippen LogP contribution in [0, 0.1) is 0 Å². The third-order valence-electron chi connectivity index (χ3n) is 3.74. The lowest BCUT2D eigenvalue weighted by atomic mass is 10.1. The first-order chi connectivity index (χ1) is 11.6. The Morgan fingerprint density at radius 2 is 2.17 bits per heavy atom. The van der Waals surface area contributed by atoms with Gasteiger partial charge in [0.2, 0.25) is 0 Å². The standard InChI is InChI=1S/C16H18N4O4/c1-20-9-10(12-5-4-11(22-2)8-13(12)20)6-7-17-16-19-18-14(24-16)15(21)23-3/h4-5,8-9H,6-7H2,1-3H3,(H,17,19). The van der Waals surface area contributed by atoms with E-state index >= 15 is 0 Å². The van der Waals surface area contributed by atoms with Crippen LogP contribution >= 0.6 is 0 Å². The Bertz CT molecular complexity index is 868. The molecule has 0 aliphatic heterocycles. The highest BCUT2D eigenvalue weighted by molar-refractivity contribution is 5.85. The number of aromatic nitrogens is 3. The van der Waals surface area contributed by atoms with Gasteiger partial charge in [0.05, 0.1) is 19.7 Å². The molecule has 126 valence electrons. The minimum atomic E-state index is -0.654. The van der Waals surface area contributed by atoms with Crippen molar-refractivity contribution in [2.75, 3.05) is 26.1 Å². The molecule has 8 nitrogen and oxygen atoms in total. The first-order valence-corrected chi connectivity index (χ1v) is 7.40. The van der Waals surface area contributed by atoms with Gasteiger partial charge in [-0.2, -0.15) is 0 Å². The first-order valence-electron chi connectivity index (χ1n) is 7.40. The monoisotopic (exact) mass is 330 g/mol. The van der Waals surface area contributed by atoms with Crippen molar-refractivity contribution >= 4 is 22.9 Å². The van der Waals surface area contributed by atoms with Crippen molar-refractivity contribution in [2.45, 2.75) is 6.42 Å². The normalized spacial score (nSPS) is 10.8. The third kappa shape index (κ3) is 3.03. The van der Waals surface area contributed by atoms with Gasteiger partial charge in [0.1, 0.15) is 5.75 Å². The summed E-state index contributed by atoms with van der Waals surface area (Å²) < 4.78 is 17.0. The first kappa shape index (κ1) is 15.9. The molecule has 2 heterocycles. The number of esters is 1. The predicted molar refractivity (Wildman–Crippen MR) is 87.3 cm³/mol. The highest BCUT2D eigenvalue weighted by atomic mass is 16.5. The van der Waals surface area contributed by atoms with Gasteiger partial charge in [-0.3, -0.25) is 0 Å². The quantitative estimate of drug-likeness (QED) is 0.691. The summed E-state index contributed by atoms with van der Waals surface area (Å²) in [6, 6.07) is 6.19. The SMILES string of the molecule is COC(=O)c1nnc(NCCc2cn(C)c3cc(OC)ccc23)o1. The molecular weight excluding hydrogens is 312 g/mol. The van der Waals surface area contributed by atoms with Gasteiger partial charge in [0.15, 0.2) is 0 Å². The molecule has 8 heteroatoms. The molecule has 0 saturated carbocycles. The Morgan fingerprint density at radius 3 is 2.92 bits per heavy atom. The van der Waals surface area contributed by atoms with E-state index in [9.17, 15) is 4.79 Å². The van der Waals surface area contributed by atoms with Crippen LogP contribution in [0.4, 0.5) is 6.01 Å². The van der Waals surface area contributed by atoms with E-state index in [2.05, 4.69) is 31.0 Å². The number of benzene rings is 1. The molecule has 3 aromatic rings. The van der Waals surface area contributed by atoms with Crippen molar-refractivity contribution in [3.05, 3.63) is 35.9 Å². The average molecular weight is 330 g/mol. The molecule has 0 saturated heterocycles. The zero-order valence-corrected chi connectivity index (χ0v) is 13.7. The van der Waals surface area contributed by atoms with E-state index in [0.29, 0.717) is 6.54 Å². The van der Waals surface area contributed by atoms with Crippen LogP contribution in [0.15, 0.2) is 28.8 Å². The van der Waals surface area contributed by atoms with Gasteiger partial charge < -0.3 is 23.8 Å². The molecule has 3 rings (SSSR count). The highest BCUT2D eigenvalue weighted by Crippen LogP contribution is 2.25. The van der Waals surface area contributed by atoms with Gasteiger partial charge in [-0.1, -0.05) is 10.2 Å². The van der Waals surface area contributed by atoms with Crippen molar-refractivity contribution in [3.63, 3.8) is 0 Å². The van der Waals surface area contributed by atoms with Crippen LogP contribution in [0.25, 0.3) is 10.9 Å². The molecule has 0 aliphatic carbocycles. The highest BCUT2D eigenvalue weighted by Gasteiger charge is 2.15. The van der Waals surface area contributed by atoms with Crippen LogP contribution in [0.3, 0.4) is 0 Å². The fourth-order valence-corrected chi connectivity index (χ4v) is 2.54. The number of aryl methyl sites for hydroxylation is 1. The fourth-order valence-electron chi connectivity index (χ4n) is 2.54. The minimum Gasteiger partial charge on any atom is -0.497 e. The van der Waals surface area contributed by atoms with Crippen molar-refractivity contribution in [2.24, 2.45) is 7.05 Å².